The Morgan fingerprint density at radius 1 is 0.750 bits per heavy atom. The molecule has 0 heterocycles. The van der Waals surface area contributed by atoms with Gasteiger partial charge in [0.1, 0.15) is 0 Å². The molecular formula is CrInO2+2. The van der Waals surface area contributed by atoms with Crippen molar-refractivity contribution in [2.24, 2.45) is 0 Å². The minimum absolute atomic E-state index is 0. The summed E-state index contributed by atoms with van der Waals surface area (Å²) in [6.07, 6.45) is 0. The van der Waals surface area contributed by atoms with Gasteiger partial charge in [-0.05, 0) is 0 Å². The monoisotopic (exact) mass is 199 g/mol. The maximum atomic E-state index is 0. The molecule has 0 aromatic rings. The molecule has 0 saturated heterocycles. The van der Waals surface area contributed by atoms with Gasteiger partial charge in [0, 0.05) is 0 Å². The van der Waals surface area contributed by atoms with E-state index in [0.29, 0.717) is 0 Å². The molecule has 0 spiro atoms. The molecule has 4 heteroatoms. The molecule has 0 bridgehead atoms. The third-order valence-corrected chi connectivity index (χ3v) is 0. The van der Waals surface area contributed by atoms with Crippen LogP contribution < -0.4 is 0 Å². The molecule has 0 aromatic carbocycles. The van der Waals surface area contributed by atoms with Gasteiger partial charge in [-0.25, -0.2) is 0 Å². The van der Waals surface area contributed by atoms with Gasteiger partial charge in [0.25, 0.3) is 0 Å². The molecule has 0 aliphatic carbocycles. The smallest absolute Gasteiger partial charge is 2.00 e. The minimum Gasteiger partial charge on any atom is -2.00 e. The Morgan fingerprint density at radius 3 is 0.750 bits per heavy atom. The fourth-order valence-corrected chi connectivity index (χ4v) is 0. The topological polar surface area (TPSA) is 57.0 Å². The average Bonchev–Trinajstić information content (AvgIpc) is 0. The van der Waals surface area contributed by atoms with Crippen molar-refractivity contribution in [1.82, 2.24) is 0 Å². The van der Waals surface area contributed by atoms with Crippen LogP contribution in [0.5, 0.6) is 0 Å². The molecule has 0 aliphatic heterocycles. The Balaban J connectivity index is 0. The molecule has 0 unspecified atom stereocenters. The van der Waals surface area contributed by atoms with E-state index >= 15 is 0 Å². The van der Waals surface area contributed by atoms with Crippen molar-refractivity contribution < 1.29 is 28.3 Å². The molecule has 1 radical (unpaired) electrons. The van der Waals surface area contributed by atoms with Crippen LogP contribution in [0.2, 0.25) is 0 Å². The SMILES string of the molecule is [Cr+3].[In+3].[O-2].[O-2]. The first kappa shape index (κ1) is 56.9. The van der Waals surface area contributed by atoms with Crippen molar-refractivity contribution in [3.05, 3.63) is 0 Å². The van der Waals surface area contributed by atoms with Gasteiger partial charge in [-0.15, -0.1) is 0 Å². The molecule has 0 aromatic heterocycles. The van der Waals surface area contributed by atoms with Crippen LogP contribution in [-0.2, 0) is 28.3 Å². The Bertz CT molecular complexity index is 6.00. The van der Waals surface area contributed by atoms with Gasteiger partial charge in [0.2, 0.25) is 0 Å². The van der Waals surface area contributed by atoms with E-state index in [1.165, 1.54) is 0 Å². The van der Waals surface area contributed by atoms with Gasteiger partial charge in [0.15, 0.2) is 0 Å². The minimum atomic E-state index is 0. The maximum absolute atomic E-state index is 0. The van der Waals surface area contributed by atoms with Crippen molar-refractivity contribution in [2.75, 3.05) is 0 Å². The Morgan fingerprint density at radius 2 is 0.750 bits per heavy atom. The van der Waals surface area contributed by atoms with E-state index in [9.17, 15) is 0 Å². The Kier molecular flexibility index (Phi) is 388. The van der Waals surface area contributed by atoms with Crippen LogP contribution in [0.15, 0.2) is 0 Å². The van der Waals surface area contributed by atoms with E-state index in [1.807, 2.05) is 0 Å². The van der Waals surface area contributed by atoms with Gasteiger partial charge in [-0.3, -0.25) is 0 Å². The normalized spacial score (nSPS) is 0. The summed E-state index contributed by atoms with van der Waals surface area (Å²) >= 11 is 0. The summed E-state index contributed by atoms with van der Waals surface area (Å²) in [7, 11) is 0. The van der Waals surface area contributed by atoms with Crippen LogP contribution in [0.1, 0.15) is 0 Å². The summed E-state index contributed by atoms with van der Waals surface area (Å²) in [4.78, 5) is 0. The van der Waals surface area contributed by atoms with Gasteiger partial charge >= 0.3 is 43.2 Å². The van der Waals surface area contributed by atoms with Crippen LogP contribution in [-0.4, -0.2) is 25.8 Å². The summed E-state index contributed by atoms with van der Waals surface area (Å²) in [6.45, 7) is 0. The van der Waals surface area contributed by atoms with E-state index in [4.69, 9.17) is 0 Å². The fraction of sp³-hybridized carbons (Fsp3) is 0. The van der Waals surface area contributed by atoms with Gasteiger partial charge in [-0.1, -0.05) is 0 Å². The molecular weight excluding hydrogens is 199 g/mol. The van der Waals surface area contributed by atoms with Crippen LogP contribution in [0.4, 0.5) is 0 Å². The summed E-state index contributed by atoms with van der Waals surface area (Å²) < 4.78 is 0. The molecule has 0 atom stereocenters. The molecule has 0 rings (SSSR count). The number of hydrogen-bond donors (Lipinski definition) is 0. The second kappa shape index (κ2) is 27.3. The maximum Gasteiger partial charge on any atom is 3.00 e. The molecule has 2 nitrogen and oxygen atoms in total. The zero-order chi connectivity index (χ0) is 0. The van der Waals surface area contributed by atoms with Crippen molar-refractivity contribution in [2.45, 2.75) is 0 Å². The van der Waals surface area contributed by atoms with E-state index in [2.05, 4.69) is 0 Å². The quantitative estimate of drug-likeness (QED) is 0.499. The molecule has 4 heavy (non-hydrogen) atoms. The fourth-order valence-electron chi connectivity index (χ4n) is 0. The van der Waals surface area contributed by atoms with Crippen molar-refractivity contribution in [3.63, 3.8) is 0 Å². The summed E-state index contributed by atoms with van der Waals surface area (Å²) in [5.74, 6) is 0. The van der Waals surface area contributed by atoms with Crippen molar-refractivity contribution >= 4 is 25.8 Å². The molecule has 0 N–H and O–H groups in total. The molecule has 0 aliphatic rings. The molecule has 0 saturated carbocycles. The molecule has 0 amide bonds. The first-order valence-corrected chi connectivity index (χ1v) is 0. The second-order valence-corrected chi connectivity index (χ2v) is 0. The van der Waals surface area contributed by atoms with Gasteiger partial charge in [-0.2, -0.15) is 0 Å². The van der Waals surface area contributed by atoms with Crippen LogP contribution >= 0.6 is 0 Å². The van der Waals surface area contributed by atoms with E-state index in [-0.39, 0.29) is 54.2 Å². The number of hydrogen-bond acceptors (Lipinski definition) is 0. The molecule has 0 fully saturated rings. The third-order valence-electron chi connectivity index (χ3n) is 0. The first-order chi connectivity index (χ1) is 0. The predicted molar refractivity (Wildman–Crippen MR) is 7.13 cm³/mol. The molecule has 19 valence electrons. The Hall–Kier alpha value is 1.32. The Labute approximate surface area is 54.1 Å². The van der Waals surface area contributed by atoms with Crippen molar-refractivity contribution in [1.29, 1.82) is 0 Å². The van der Waals surface area contributed by atoms with Crippen LogP contribution in [0, 0.1) is 0 Å². The largest absolute Gasteiger partial charge is 3.00 e. The van der Waals surface area contributed by atoms with Gasteiger partial charge in [0.05, 0.1) is 0 Å². The zero-order valence-electron chi connectivity index (χ0n) is 1.80. The summed E-state index contributed by atoms with van der Waals surface area (Å²) in [5, 5.41) is 0. The van der Waals surface area contributed by atoms with E-state index in [1.54, 1.807) is 0 Å². The van der Waals surface area contributed by atoms with Gasteiger partial charge < -0.3 is 11.0 Å². The summed E-state index contributed by atoms with van der Waals surface area (Å²) in [6, 6.07) is 0. The predicted octanol–water partition coefficient (Wildman–Crippen LogP) is -0.621. The third kappa shape index (κ3) is 10.2. The van der Waals surface area contributed by atoms with Crippen LogP contribution in [0.3, 0.4) is 0 Å². The summed E-state index contributed by atoms with van der Waals surface area (Å²) in [5.41, 5.74) is 0. The second-order valence-electron chi connectivity index (χ2n) is 0. The standard InChI is InChI=1S/Cr.In.2O/q2*+3;2*-2. The zero-order valence-corrected chi connectivity index (χ0v) is 6.37. The van der Waals surface area contributed by atoms with E-state index in [0.717, 1.165) is 0 Å². The first-order valence-electron chi connectivity index (χ1n) is 0. The average molecular weight is 199 g/mol. The van der Waals surface area contributed by atoms with E-state index < -0.39 is 0 Å². The van der Waals surface area contributed by atoms with Crippen molar-refractivity contribution in [3.8, 4) is 0 Å². The number of rotatable bonds is 0. The van der Waals surface area contributed by atoms with Crippen LogP contribution in [0.25, 0.3) is 0 Å².